The molecule has 14 heavy (non-hydrogen) atoms. The molecule has 0 spiro atoms. The largest absolute Gasteiger partial charge is 0.481 e. The van der Waals surface area contributed by atoms with E-state index in [2.05, 4.69) is 13.8 Å². The Bertz CT molecular complexity index is 152. The second-order valence-corrected chi connectivity index (χ2v) is 4.12. The van der Waals surface area contributed by atoms with Crippen molar-refractivity contribution >= 4 is 5.97 Å². The molecule has 2 unspecified atom stereocenters. The highest BCUT2D eigenvalue weighted by atomic mass is 16.4. The Labute approximate surface area is 87.7 Å². The molecule has 2 atom stereocenters. The lowest BCUT2D eigenvalue weighted by Crippen LogP contribution is -2.19. The van der Waals surface area contributed by atoms with Crippen LogP contribution < -0.4 is 0 Å². The quantitative estimate of drug-likeness (QED) is 0.607. The minimum absolute atomic E-state index is 0.0127. The van der Waals surface area contributed by atoms with Gasteiger partial charge in [-0.1, -0.05) is 46.0 Å². The van der Waals surface area contributed by atoms with Gasteiger partial charge in [0, 0.05) is 0 Å². The molecule has 0 bridgehead atoms. The normalized spacial score (nSPS) is 13.1. The molecule has 0 amide bonds. The van der Waals surface area contributed by atoms with Gasteiger partial charge in [-0.05, 0) is 19.3 Å². The van der Waals surface area contributed by atoms with Gasteiger partial charge in [-0.2, -0.15) is 0 Å². The lowest BCUT2D eigenvalue weighted by atomic mass is 9.90. The Morgan fingerprint density at radius 1 is 1.29 bits per heavy atom. The van der Waals surface area contributed by atoms with Gasteiger partial charge in [-0.25, -0.2) is 0 Å². The molecule has 1 radical (unpaired) electrons. The van der Waals surface area contributed by atoms with Crippen molar-refractivity contribution in [3.63, 3.8) is 0 Å². The fourth-order valence-corrected chi connectivity index (χ4v) is 1.62. The summed E-state index contributed by atoms with van der Waals surface area (Å²) in [5.74, 6) is -0.932. The number of rotatable bonds is 8. The van der Waals surface area contributed by atoms with Crippen molar-refractivity contribution in [2.24, 2.45) is 11.8 Å². The van der Waals surface area contributed by atoms with Gasteiger partial charge >= 0.3 is 5.97 Å². The molecule has 0 aromatic heterocycles. The zero-order valence-corrected chi connectivity index (χ0v) is 9.46. The second kappa shape index (κ2) is 7.84. The average molecular weight is 199 g/mol. The maximum Gasteiger partial charge on any atom is 0.306 e. The summed E-state index contributed by atoms with van der Waals surface area (Å²) in [5, 5.41) is 8.91. The van der Waals surface area contributed by atoms with Crippen molar-refractivity contribution in [2.75, 3.05) is 0 Å². The van der Waals surface area contributed by atoms with Crippen molar-refractivity contribution < 1.29 is 9.90 Å². The van der Waals surface area contributed by atoms with Crippen LogP contribution in [0.5, 0.6) is 0 Å². The third-order valence-electron chi connectivity index (χ3n) is 2.62. The van der Waals surface area contributed by atoms with E-state index in [1.807, 2.05) is 6.92 Å². The number of carboxylic acids is 1. The minimum atomic E-state index is -0.692. The number of unbranched alkanes of at least 4 members (excludes halogenated alkanes) is 4. The first-order chi connectivity index (χ1) is 6.59. The summed E-state index contributed by atoms with van der Waals surface area (Å²) in [5.41, 5.74) is 0. The summed E-state index contributed by atoms with van der Waals surface area (Å²) < 4.78 is 0. The van der Waals surface area contributed by atoms with Crippen LogP contribution in [0.4, 0.5) is 0 Å². The van der Waals surface area contributed by atoms with E-state index >= 15 is 0 Å². The molecule has 0 rings (SSSR count). The molecule has 0 saturated heterocycles. The molecule has 2 heteroatoms. The summed E-state index contributed by atoms with van der Waals surface area (Å²) >= 11 is 0. The van der Waals surface area contributed by atoms with Gasteiger partial charge in [0.15, 0.2) is 0 Å². The smallest absolute Gasteiger partial charge is 0.306 e. The van der Waals surface area contributed by atoms with Crippen LogP contribution in [0.2, 0.25) is 0 Å². The third kappa shape index (κ3) is 6.01. The average Bonchev–Trinajstić information content (AvgIpc) is 2.09. The fourth-order valence-electron chi connectivity index (χ4n) is 1.62. The van der Waals surface area contributed by atoms with Gasteiger partial charge in [0.1, 0.15) is 0 Å². The summed E-state index contributed by atoms with van der Waals surface area (Å²) in [4.78, 5) is 10.8. The highest BCUT2D eigenvalue weighted by molar-refractivity contribution is 5.70. The first-order valence-corrected chi connectivity index (χ1v) is 5.65. The van der Waals surface area contributed by atoms with Crippen LogP contribution >= 0.6 is 0 Å². The van der Waals surface area contributed by atoms with Gasteiger partial charge in [-0.3, -0.25) is 4.79 Å². The van der Waals surface area contributed by atoms with Crippen LogP contribution in [0.25, 0.3) is 0 Å². The molecule has 0 saturated carbocycles. The lowest BCUT2D eigenvalue weighted by Gasteiger charge is -2.15. The summed E-state index contributed by atoms with van der Waals surface area (Å²) in [6, 6.07) is 0. The van der Waals surface area contributed by atoms with Crippen LogP contribution in [0.1, 0.15) is 52.4 Å². The van der Waals surface area contributed by atoms with Crippen molar-refractivity contribution in [2.45, 2.75) is 52.4 Å². The maximum absolute atomic E-state index is 10.8. The Kier molecular flexibility index (Phi) is 7.54. The molecule has 1 N–H and O–H groups in total. The Hall–Kier alpha value is -0.530. The predicted octanol–water partition coefficient (Wildman–Crippen LogP) is 3.52. The zero-order chi connectivity index (χ0) is 11.0. The molecular weight excluding hydrogens is 176 g/mol. The summed E-state index contributed by atoms with van der Waals surface area (Å²) in [6.07, 6.45) is 6.69. The van der Waals surface area contributed by atoms with E-state index in [1.165, 1.54) is 19.3 Å². The van der Waals surface area contributed by atoms with Gasteiger partial charge < -0.3 is 5.11 Å². The Morgan fingerprint density at radius 3 is 2.29 bits per heavy atom. The number of carbonyl (C=O) groups is 1. The molecule has 0 heterocycles. The summed E-state index contributed by atoms with van der Waals surface area (Å²) in [6.45, 7) is 7.85. The molecule has 0 aliphatic heterocycles. The molecular formula is C12H23O2. The molecule has 0 aliphatic rings. The zero-order valence-electron chi connectivity index (χ0n) is 9.46. The van der Waals surface area contributed by atoms with E-state index in [0.717, 1.165) is 19.3 Å². The Balaban J connectivity index is 3.57. The lowest BCUT2D eigenvalue weighted by molar-refractivity contribution is -0.143. The fraction of sp³-hybridized carbons (Fsp3) is 0.833. The van der Waals surface area contributed by atoms with Crippen LogP contribution in [0.3, 0.4) is 0 Å². The molecule has 0 aromatic rings. The minimum Gasteiger partial charge on any atom is -0.481 e. The third-order valence-corrected chi connectivity index (χ3v) is 2.62. The highest BCUT2D eigenvalue weighted by Crippen LogP contribution is 2.19. The first kappa shape index (κ1) is 13.5. The first-order valence-electron chi connectivity index (χ1n) is 5.65. The second-order valence-electron chi connectivity index (χ2n) is 4.12. The van der Waals surface area contributed by atoms with E-state index in [1.54, 1.807) is 0 Å². The van der Waals surface area contributed by atoms with Gasteiger partial charge in [0.05, 0.1) is 5.92 Å². The molecule has 0 fully saturated rings. The van der Waals surface area contributed by atoms with Crippen LogP contribution in [0.15, 0.2) is 0 Å². The topological polar surface area (TPSA) is 37.3 Å². The van der Waals surface area contributed by atoms with Crippen molar-refractivity contribution in [3.8, 4) is 0 Å². The molecule has 2 nitrogen and oxygen atoms in total. The van der Waals surface area contributed by atoms with E-state index in [4.69, 9.17) is 5.11 Å². The van der Waals surface area contributed by atoms with E-state index in [0.29, 0.717) is 0 Å². The van der Waals surface area contributed by atoms with Crippen LogP contribution in [-0.4, -0.2) is 11.1 Å². The van der Waals surface area contributed by atoms with Gasteiger partial charge in [0.2, 0.25) is 0 Å². The van der Waals surface area contributed by atoms with Crippen molar-refractivity contribution in [3.05, 3.63) is 6.92 Å². The number of hydrogen-bond acceptors (Lipinski definition) is 1. The molecule has 0 aromatic carbocycles. The van der Waals surface area contributed by atoms with Crippen LogP contribution in [0, 0.1) is 18.8 Å². The number of aliphatic carboxylic acids is 1. The Morgan fingerprint density at radius 2 is 1.86 bits per heavy atom. The highest BCUT2D eigenvalue weighted by Gasteiger charge is 2.20. The number of carboxylic acid groups (broad SMARTS) is 1. The predicted molar refractivity (Wildman–Crippen MR) is 59.0 cm³/mol. The van der Waals surface area contributed by atoms with Crippen molar-refractivity contribution in [1.82, 2.24) is 0 Å². The molecule has 83 valence electrons. The summed E-state index contributed by atoms with van der Waals surface area (Å²) in [7, 11) is 0. The number of hydrogen-bond donors (Lipinski definition) is 1. The van der Waals surface area contributed by atoms with Gasteiger partial charge in [-0.15, -0.1) is 0 Å². The molecule has 0 aliphatic carbocycles. The van der Waals surface area contributed by atoms with E-state index in [-0.39, 0.29) is 11.8 Å². The van der Waals surface area contributed by atoms with Gasteiger partial charge in [0.25, 0.3) is 0 Å². The van der Waals surface area contributed by atoms with Crippen LogP contribution in [-0.2, 0) is 4.79 Å². The standard InChI is InChI=1S/C12H23O2/c1-4-5-6-7-8-9-11(10(2)3)12(13)14/h10-11H,2,4-9H2,1,3H3,(H,13,14). The van der Waals surface area contributed by atoms with E-state index < -0.39 is 5.97 Å². The van der Waals surface area contributed by atoms with Crippen molar-refractivity contribution in [1.29, 1.82) is 0 Å². The maximum atomic E-state index is 10.8. The monoisotopic (exact) mass is 199 g/mol. The van der Waals surface area contributed by atoms with E-state index in [9.17, 15) is 4.79 Å². The SMILES string of the molecule is [CH2]C(C)C(CCCCCCC)C(=O)O.